The normalized spacial score (nSPS) is 18.1. The second-order valence-electron chi connectivity index (χ2n) is 5.19. The largest absolute Gasteiger partial charge is 0.351 e. The van der Waals surface area contributed by atoms with Crippen LogP contribution in [0.4, 0.5) is 4.79 Å². The summed E-state index contributed by atoms with van der Waals surface area (Å²) < 4.78 is 0.811. The zero-order valence-electron chi connectivity index (χ0n) is 11.6. The molecule has 3 N–H and O–H groups in total. The lowest BCUT2D eigenvalue weighted by molar-refractivity contribution is 0.0937. The van der Waals surface area contributed by atoms with Gasteiger partial charge in [-0.2, -0.15) is 0 Å². The number of hydrogen-bond donors (Lipinski definition) is 2. The van der Waals surface area contributed by atoms with E-state index in [-0.39, 0.29) is 11.9 Å². The molecule has 1 aromatic rings. The number of likely N-dealkylation sites (tertiary alicyclic amines) is 1. The second kappa shape index (κ2) is 5.83. The number of benzene rings is 1. The Kier molecular flexibility index (Phi) is 4.32. The average Bonchev–Trinajstić information content (AvgIpc) is 2.82. The monoisotopic (exact) mass is 339 g/mol. The van der Waals surface area contributed by atoms with Crippen molar-refractivity contribution in [1.82, 2.24) is 10.2 Å². The zero-order chi connectivity index (χ0) is 14.9. The van der Waals surface area contributed by atoms with Gasteiger partial charge in [-0.1, -0.05) is 6.07 Å². The molecule has 5 nitrogen and oxygen atoms in total. The highest BCUT2D eigenvalue weighted by atomic mass is 79.9. The number of hydrogen-bond acceptors (Lipinski definition) is 2. The fourth-order valence-corrected chi connectivity index (χ4v) is 2.87. The minimum atomic E-state index is -0.436. The lowest BCUT2D eigenvalue weighted by Gasteiger charge is -2.16. The molecule has 0 spiro atoms. The van der Waals surface area contributed by atoms with Crippen molar-refractivity contribution in [2.24, 2.45) is 5.73 Å². The summed E-state index contributed by atoms with van der Waals surface area (Å²) in [5.74, 6) is -0.125. The van der Waals surface area contributed by atoms with Crippen molar-refractivity contribution in [1.29, 1.82) is 0 Å². The van der Waals surface area contributed by atoms with Crippen LogP contribution in [0.3, 0.4) is 0 Å². The lowest BCUT2D eigenvalue weighted by Crippen LogP contribution is -2.40. The summed E-state index contributed by atoms with van der Waals surface area (Å²) in [4.78, 5) is 24.9. The number of amides is 3. The van der Waals surface area contributed by atoms with Crippen molar-refractivity contribution >= 4 is 27.9 Å². The van der Waals surface area contributed by atoms with Gasteiger partial charge in [0.05, 0.1) is 5.56 Å². The van der Waals surface area contributed by atoms with E-state index in [1.165, 1.54) is 0 Å². The van der Waals surface area contributed by atoms with Gasteiger partial charge in [-0.3, -0.25) is 4.79 Å². The maximum Gasteiger partial charge on any atom is 0.314 e. The van der Waals surface area contributed by atoms with Crippen molar-refractivity contribution in [2.45, 2.75) is 26.3 Å². The Hall–Kier alpha value is -1.56. The van der Waals surface area contributed by atoms with Crippen LogP contribution >= 0.6 is 15.9 Å². The Labute approximate surface area is 126 Å². The molecular weight excluding hydrogens is 322 g/mol. The highest BCUT2D eigenvalue weighted by Crippen LogP contribution is 2.23. The molecule has 0 radical (unpaired) electrons. The number of carbonyl (C=O) groups is 2. The highest BCUT2D eigenvalue weighted by molar-refractivity contribution is 9.10. The van der Waals surface area contributed by atoms with Gasteiger partial charge in [0.1, 0.15) is 0 Å². The van der Waals surface area contributed by atoms with Gasteiger partial charge < -0.3 is 16.0 Å². The molecule has 20 heavy (non-hydrogen) atoms. The van der Waals surface area contributed by atoms with Gasteiger partial charge in [-0.15, -0.1) is 0 Å². The molecular formula is C14H18BrN3O2. The van der Waals surface area contributed by atoms with E-state index in [4.69, 9.17) is 5.73 Å². The lowest BCUT2D eigenvalue weighted by atomic mass is 10.1. The quantitative estimate of drug-likeness (QED) is 0.863. The molecule has 1 aliphatic heterocycles. The molecule has 1 heterocycles. The van der Waals surface area contributed by atoms with Crippen molar-refractivity contribution in [3.8, 4) is 0 Å². The third-order valence-electron chi connectivity index (χ3n) is 3.48. The summed E-state index contributed by atoms with van der Waals surface area (Å²) in [6.45, 7) is 4.98. The van der Waals surface area contributed by atoms with E-state index in [9.17, 15) is 9.59 Å². The molecule has 2 rings (SSSR count). The van der Waals surface area contributed by atoms with Crippen LogP contribution in [0.25, 0.3) is 0 Å². The molecule has 0 aliphatic carbocycles. The highest BCUT2D eigenvalue weighted by Gasteiger charge is 2.26. The first-order chi connectivity index (χ1) is 9.38. The van der Waals surface area contributed by atoms with E-state index < -0.39 is 6.03 Å². The molecule has 1 saturated heterocycles. The summed E-state index contributed by atoms with van der Waals surface area (Å²) in [5.41, 5.74) is 7.93. The topological polar surface area (TPSA) is 75.4 Å². The third kappa shape index (κ3) is 3.12. The van der Waals surface area contributed by atoms with Crippen molar-refractivity contribution in [3.05, 3.63) is 33.3 Å². The van der Waals surface area contributed by atoms with Crippen LogP contribution in [0.15, 0.2) is 16.6 Å². The zero-order valence-corrected chi connectivity index (χ0v) is 13.2. The molecule has 0 aromatic heterocycles. The first kappa shape index (κ1) is 14.8. The number of primary amides is 1. The van der Waals surface area contributed by atoms with Crippen LogP contribution in [0, 0.1) is 13.8 Å². The molecule has 1 aromatic carbocycles. The van der Waals surface area contributed by atoms with Gasteiger partial charge in [0, 0.05) is 23.6 Å². The number of aryl methyl sites for hydroxylation is 2. The summed E-state index contributed by atoms with van der Waals surface area (Å²) in [6.07, 6.45) is 0.733. The molecule has 1 aliphatic rings. The van der Waals surface area contributed by atoms with Crippen LogP contribution in [0.5, 0.6) is 0 Å². The Bertz CT molecular complexity index is 560. The predicted molar refractivity (Wildman–Crippen MR) is 80.6 cm³/mol. The number of nitrogens with zero attached hydrogens (tertiary/aromatic N) is 1. The number of urea groups is 1. The van der Waals surface area contributed by atoms with E-state index in [1.807, 2.05) is 26.0 Å². The SMILES string of the molecule is Cc1cc(C)c(Br)c(C(=O)N[C@H]2CCN(C(N)=O)C2)c1. The smallest absolute Gasteiger partial charge is 0.314 e. The van der Waals surface area contributed by atoms with Crippen molar-refractivity contribution in [2.75, 3.05) is 13.1 Å². The molecule has 3 amide bonds. The first-order valence-electron chi connectivity index (χ1n) is 6.50. The van der Waals surface area contributed by atoms with Crippen molar-refractivity contribution in [3.63, 3.8) is 0 Å². The van der Waals surface area contributed by atoms with Gasteiger partial charge in [0.25, 0.3) is 5.91 Å². The van der Waals surface area contributed by atoms with Crippen LogP contribution in [-0.2, 0) is 0 Å². The fourth-order valence-electron chi connectivity index (χ4n) is 2.46. The van der Waals surface area contributed by atoms with Gasteiger partial charge >= 0.3 is 6.03 Å². The molecule has 1 atom stereocenters. The van der Waals surface area contributed by atoms with Gasteiger partial charge in [0.2, 0.25) is 0 Å². The van der Waals surface area contributed by atoms with E-state index in [2.05, 4.69) is 21.2 Å². The number of nitrogens with two attached hydrogens (primary N) is 1. The number of nitrogens with one attached hydrogen (secondary N) is 1. The maximum atomic E-state index is 12.3. The Balaban J connectivity index is 2.08. The van der Waals surface area contributed by atoms with Crippen molar-refractivity contribution < 1.29 is 9.59 Å². The van der Waals surface area contributed by atoms with E-state index in [0.29, 0.717) is 18.7 Å². The van der Waals surface area contributed by atoms with E-state index in [0.717, 1.165) is 22.0 Å². The van der Waals surface area contributed by atoms with Gasteiger partial charge in [0.15, 0.2) is 0 Å². The van der Waals surface area contributed by atoms with Crippen LogP contribution in [-0.4, -0.2) is 36.0 Å². The van der Waals surface area contributed by atoms with Crippen LogP contribution in [0.1, 0.15) is 27.9 Å². The second-order valence-corrected chi connectivity index (χ2v) is 5.98. The molecule has 0 saturated carbocycles. The molecule has 1 fully saturated rings. The average molecular weight is 340 g/mol. The molecule has 0 bridgehead atoms. The maximum absolute atomic E-state index is 12.3. The summed E-state index contributed by atoms with van der Waals surface area (Å²) >= 11 is 3.45. The molecule has 0 unspecified atom stereocenters. The van der Waals surface area contributed by atoms with Gasteiger partial charge in [-0.25, -0.2) is 4.79 Å². The number of halogens is 1. The standard InChI is InChI=1S/C14H18BrN3O2/c1-8-5-9(2)12(15)11(6-8)13(19)17-10-3-4-18(7-10)14(16)20/h5-6,10H,3-4,7H2,1-2H3,(H2,16,20)(H,17,19)/t10-/m0/s1. The Morgan fingerprint density at radius 3 is 2.70 bits per heavy atom. The summed E-state index contributed by atoms with van der Waals surface area (Å²) in [7, 11) is 0. The van der Waals surface area contributed by atoms with E-state index in [1.54, 1.807) is 4.90 Å². The summed E-state index contributed by atoms with van der Waals surface area (Å²) in [6, 6.07) is 3.40. The molecule has 6 heteroatoms. The van der Waals surface area contributed by atoms with Gasteiger partial charge in [-0.05, 0) is 53.4 Å². The number of carbonyl (C=O) groups excluding carboxylic acids is 2. The fraction of sp³-hybridized carbons (Fsp3) is 0.429. The Morgan fingerprint density at radius 2 is 2.10 bits per heavy atom. The predicted octanol–water partition coefficient (Wildman–Crippen LogP) is 1.95. The van der Waals surface area contributed by atoms with E-state index >= 15 is 0 Å². The minimum Gasteiger partial charge on any atom is -0.351 e. The number of rotatable bonds is 2. The summed E-state index contributed by atoms with van der Waals surface area (Å²) in [5, 5.41) is 2.96. The first-order valence-corrected chi connectivity index (χ1v) is 7.29. The van der Waals surface area contributed by atoms with Crippen LogP contribution in [0.2, 0.25) is 0 Å². The van der Waals surface area contributed by atoms with Crippen LogP contribution < -0.4 is 11.1 Å². The molecule has 108 valence electrons. The third-order valence-corrected chi connectivity index (χ3v) is 4.53. The minimum absolute atomic E-state index is 0.0391. The Morgan fingerprint density at radius 1 is 1.40 bits per heavy atom.